The van der Waals surface area contributed by atoms with Crippen LogP contribution in [0.3, 0.4) is 0 Å². The maximum atomic E-state index is 13.2. The van der Waals surface area contributed by atoms with E-state index in [9.17, 15) is 19.2 Å². The monoisotopic (exact) mass is 447 g/mol. The highest BCUT2D eigenvalue weighted by Gasteiger charge is 2.55. The minimum atomic E-state index is -0.514. The number of fused-ring (bicyclic) bond motifs is 3. The highest BCUT2D eigenvalue weighted by Crippen LogP contribution is 2.54. The van der Waals surface area contributed by atoms with Gasteiger partial charge in [-0.2, -0.15) is 0 Å². The number of ketones is 2. The van der Waals surface area contributed by atoms with Crippen LogP contribution in [0.5, 0.6) is 5.75 Å². The van der Waals surface area contributed by atoms with E-state index >= 15 is 0 Å². The lowest BCUT2D eigenvalue weighted by molar-refractivity contribution is -0.138. The van der Waals surface area contributed by atoms with Crippen molar-refractivity contribution < 1.29 is 29.0 Å². The SMILES string of the molecule is CC1=CC(=O)C2=C(C[C@@H]3C(=CC[C@@H]4C(=O)N(C)C(=O)[C@@H]43)[C@@H]2c2ccc(OCCO)cc2)C1=O. The molecule has 0 spiro atoms. The molecule has 1 heterocycles. The zero-order valence-electron chi connectivity index (χ0n) is 18.5. The molecule has 3 aliphatic carbocycles. The summed E-state index contributed by atoms with van der Waals surface area (Å²) in [7, 11) is 1.51. The van der Waals surface area contributed by atoms with Crippen molar-refractivity contribution in [3.63, 3.8) is 0 Å². The summed E-state index contributed by atoms with van der Waals surface area (Å²) in [5.74, 6) is -1.83. The third-order valence-electron chi connectivity index (χ3n) is 7.36. The number of carbonyl (C=O) groups excluding carboxylic acids is 4. The van der Waals surface area contributed by atoms with E-state index in [2.05, 4.69) is 0 Å². The van der Waals surface area contributed by atoms with Crippen molar-refractivity contribution in [1.82, 2.24) is 4.90 Å². The quantitative estimate of drug-likeness (QED) is 0.431. The van der Waals surface area contributed by atoms with Crippen molar-refractivity contribution >= 4 is 23.4 Å². The Labute approximate surface area is 191 Å². The third kappa shape index (κ3) is 3.22. The Morgan fingerprint density at radius 3 is 2.48 bits per heavy atom. The molecule has 1 N–H and O–H groups in total. The first-order valence-corrected chi connectivity index (χ1v) is 11.2. The van der Waals surface area contributed by atoms with Crippen LogP contribution in [0, 0.1) is 17.8 Å². The van der Waals surface area contributed by atoms with Gasteiger partial charge in [0.05, 0.1) is 18.4 Å². The van der Waals surface area contributed by atoms with Crippen molar-refractivity contribution in [2.45, 2.75) is 25.7 Å². The van der Waals surface area contributed by atoms with Gasteiger partial charge in [0.1, 0.15) is 12.4 Å². The number of hydrogen-bond donors (Lipinski definition) is 1. The number of imide groups is 1. The molecular weight excluding hydrogens is 422 g/mol. The first kappa shape index (κ1) is 21.5. The van der Waals surface area contributed by atoms with E-state index in [0.717, 1.165) is 11.1 Å². The molecule has 2 amide bonds. The normalized spacial score (nSPS) is 28.9. The van der Waals surface area contributed by atoms with E-state index in [1.54, 1.807) is 19.1 Å². The lowest BCUT2D eigenvalue weighted by atomic mass is 9.59. The average molecular weight is 447 g/mol. The fraction of sp³-hybridized carbons (Fsp3) is 0.385. The molecule has 4 aliphatic rings. The summed E-state index contributed by atoms with van der Waals surface area (Å²) in [6.45, 7) is 1.72. The second kappa shape index (κ2) is 7.92. The molecule has 1 aromatic rings. The Balaban J connectivity index is 1.63. The van der Waals surface area contributed by atoms with Crippen LogP contribution in [0.1, 0.15) is 31.2 Å². The zero-order chi connectivity index (χ0) is 23.4. The van der Waals surface area contributed by atoms with Crippen LogP contribution in [-0.2, 0) is 19.2 Å². The molecule has 0 aromatic heterocycles. The van der Waals surface area contributed by atoms with Gasteiger partial charge in [0.25, 0.3) is 0 Å². The van der Waals surface area contributed by atoms with Crippen LogP contribution < -0.4 is 4.74 Å². The van der Waals surface area contributed by atoms with Gasteiger partial charge in [-0.1, -0.05) is 23.8 Å². The molecule has 7 heteroatoms. The van der Waals surface area contributed by atoms with Gasteiger partial charge < -0.3 is 9.84 Å². The second-order valence-corrected chi connectivity index (χ2v) is 9.11. The van der Waals surface area contributed by atoms with E-state index in [1.165, 1.54) is 18.0 Å². The van der Waals surface area contributed by atoms with E-state index in [1.807, 2.05) is 18.2 Å². The fourth-order valence-corrected chi connectivity index (χ4v) is 5.84. The van der Waals surface area contributed by atoms with Crippen molar-refractivity contribution in [3.05, 3.63) is 64.3 Å². The standard InChI is InChI=1S/C26H25NO6/c1-13-11-20(29)23-19(24(13)30)12-18-16(7-8-17-22(18)26(32)27(2)25(17)31)21(23)14-3-5-15(6-4-14)33-10-9-28/h3-7,11,17-18,21-22,28H,8-10,12H2,1-2H3/t17-,18+,21-,22-/m0/s1. The fourth-order valence-electron chi connectivity index (χ4n) is 5.84. The highest BCUT2D eigenvalue weighted by molar-refractivity contribution is 6.23. The highest BCUT2D eigenvalue weighted by atomic mass is 16.5. The first-order chi connectivity index (χ1) is 15.8. The second-order valence-electron chi connectivity index (χ2n) is 9.11. The maximum Gasteiger partial charge on any atom is 0.233 e. The Kier molecular flexibility index (Phi) is 5.16. The predicted molar refractivity (Wildman–Crippen MR) is 118 cm³/mol. The number of ether oxygens (including phenoxy) is 1. The van der Waals surface area contributed by atoms with Gasteiger partial charge in [0.2, 0.25) is 11.8 Å². The number of aliphatic hydroxyl groups excluding tert-OH is 1. The first-order valence-electron chi connectivity index (χ1n) is 11.2. The van der Waals surface area contributed by atoms with Crippen LogP contribution in [0.25, 0.3) is 0 Å². The van der Waals surface area contributed by atoms with Crippen LogP contribution in [0.4, 0.5) is 0 Å². The van der Waals surface area contributed by atoms with Gasteiger partial charge in [-0.15, -0.1) is 0 Å². The molecule has 5 rings (SSSR count). The Morgan fingerprint density at radius 2 is 1.79 bits per heavy atom. The molecule has 0 unspecified atom stereocenters. The minimum absolute atomic E-state index is 0.0960. The average Bonchev–Trinajstić information content (AvgIpc) is 3.04. The topological polar surface area (TPSA) is 101 Å². The number of likely N-dealkylation sites (tertiary alicyclic amines) is 1. The number of allylic oxidation sites excluding steroid dienone is 6. The van der Waals surface area contributed by atoms with Crippen LogP contribution in [0.2, 0.25) is 0 Å². The molecule has 0 bridgehead atoms. The summed E-state index contributed by atoms with van der Waals surface area (Å²) in [5, 5.41) is 8.99. The molecule has 1 aromatic carbocycles. The van der Waals surface area contributed by atoms with Gasteiger partial charge in [-0.3, -0.25) is 24.1 Å². The summed E-state index contributed by atoms with van der Waals surface area (Å²) in [5.41, 5.74) is 3.09. The minimum Gasteiger partial charge on any atom is -0.491 e. The molecule has 4 atom stereocenters. The largest absolute Gasteiger partial charge is 0.491 e. The van der Waals surface area contributed by atoms with E-state index < -0.39 is 17.8 Å². The zero-order valence-corrected chi connectivity index (χ0v) is 18.5. The summed E-state index contributed by atoms with van der Waals surface area (Å²) < 4.78 is 5.46. The molecule has 0 saturated carbocycles. The van der Waals surface area contributed by atoms with Gasteiger partial charge in [0.15, 0.2) is 11.6 Å². The summed E-state index contributed by atoms with van der Waals surface area (Å²) in [6.07, 6.45) is 4.14. The molecule has 1 aliphatic heterocycles. The molecule has 7 nitrogen and oxygen atoms in total. The van der Waals surface area contributed by atoms with E-state index in [-0.39, 0.29) is 42.5 Å². The van der Waals surface area contributed by atoms with Crippen molar-refractivity contribution in [1.29, 1.82) is 0 Å². The van der Waals surface area contributed by atoms with Crippen LogP contribution in [0.15, 0.2) is 58.7 Å². The Morgan fingerprint density at radius 1 is 1.06 bits per heavy atom. The number of aliphatic hydroxyl groups is 1. The number of nitrogens with zero attached hydrogens (tertiary/aromatic N) is 1. The van der Waals surface area contributed by atoms with Gasteiger partial charge in [-0.25, -0.2) is 0 Å². The molecule has 0 radical (unpaired) electrons. The van der Waals surface area contributed by atoms with Crippen molar-refractivity contribution in [2.75, 3.05) is 20.3 Å². The van der Waals surface area contributed by atoms with Gasteiger partial charge >= 0.3 is 0 Å². The molecule has 33 heavy (non-hydrogen) atoms. The molecule has 1 fully saturated rings. The Hall–Kier alpha value is -3.32. The number of amides is 2. The number of Topliss-reactive ketones (excluding diaryl/α,β-unsaturated/α-hetero) is 1. The van der Waals surface area contributed by atoms with Crippen molar-refractivity contribution in [3.8, 4) is 5.75 Å². The van der Waals surface area contributed by atoms with Crippen LogP contribution in [-0.4, -0.2) is 53.6 Å². The number of rotatable bonds is 4. The molecular formula is C26H25NO6. The van der Waals surface area contributed by atoms with E-state index in [4.69, 9.17) is 9.84 Å². The molecule has 170 valence electrons. The predicted octanol–water partition coefficient (Wildman–Crippen LogP) is 2.12. The van der Waals surface area contributed by atoms with Gasteiger partial charge in [0, 0.05) is 29.7 Å². The van der Waals surface area contributed by atoms with Crippen LogP contribution >= 0.6 is 0 Å². The van der Waals surface area contributed by atoms with Crippen molar-refractivity contribution in [2.24, 2.45) is 17.8 Å². The number of benzene rings is 1. The number of carbonyl (C=O) groups is 4. The molecule has 1 saturated heterocycles. The lowest BCUT2D eigenvalue weighted by Crippen LogP contribution is -2.39. The number of hydrogen-bond acceptors (Lipinski definition) is 6. The summed E-state index contributed by atoms with van der Waals surface area (Å²) in [4.78, 5) is 53.2. The van der Waals surface area contributed by atoms with E-state index in [0.29, 0.717) is 35.3 Å². The Bertz CT molecular complexity index is 1170. The smallest absolute Gasteiger partial charge is 0.233 e. The third-order valence-corrected chi connectivity index (χ3v) is 7.36. The summed E-state index contributed by atoms with van der Waals surface area (Å²) in [6, 6.07) is 7.26. The maximum absolute atomic E-state index is 13.2. The summed E-state index contributed by atoms with van der Waals surface area (Å²) >= 11 is 0. The van der Waals surface area contributed by atoms with Gasteiger partial charge in [-0.05, 0) is 49.5 Å². The lowest BCUT2D eigenvalue weighted by Gasteiger charge is -2.42.